The van der Waals surface area contributed by atoms with E-state index < -0.39 is 0 Å². The summed E-state index contributed by atoms with van der Waals surface area (Å²) in [5.74, 6) is 1.82. The van der Waals surface area contributed by atoms with Crippen molar-refractivity contribution in [3.63, 3.8) is 0 Å². The minimum absolute atomic E-state index is 0. The van der Waals surface area contributed by atoms with Gasteiger partial charge in [-0.3, -0.25) is 4.99 Å². The summed E-state index contributed by atoms with van der Waals surface area (Å²) < 4.78 is 5.78. The van der Waals surface area contributed by atoms with E-state index in [1.165, 1.54) is 31.2 Å². The summed E-state index contributed by atoms with van der Waals surface area (Å²) in [6, 6.07) is 8.31. The molecule has 1 aliphatic rings. The van der Waals surface area contributed by atoms with Gasteiger partial charge in [-0.15, -0.1) is 24.0 Å². The number of rotatable bonds is 10. The zero-order valence-electron chi connectivity index (χ0n) is 17.4. The van der Waals surface area contributed by atoms with Gasteiger partial charge in [0, 0.05) is 26.7 Å². The Morgan fingerprint density at radius 2 is 1.89 bits per heavy atom. The Hall–Kier alpha value is -1.02. The van der Waals surface area contributed by atoms with E-state index in [2.05, 4.69) is 53.7 Å². The molecule has 0 bridgehead atoms. The van der Waals surface area contributed by atoms with Crippen molar-refractivity contribution in [2.45, 2.75) is 45.6 Å². The molecule has 1 saturated carbocycles. The second-order valence-electron chi connectivity index (χ2n) is 7.64. The zero-order valence-corrected chi connectivity index (χ0v) is 19.7. The Balaban J connectivity index is 0.00000364. The minimum atomic E-state index is 0. The fraction of sp³-hybridized carbons (Fsp3) is 0.667. The molecular formula is C21H37IN4O. The maximum atomic E-state index is 5.78. The lowest BCUT2D eigenvalue weighted by atomic mass is 9.67. The van der Waals surface area contributed by atoms with Crippen LogP contribution in [0.4, 0.5) is 0 Å². The van der Waals surface area contributed by atoms with E-state index in [-0.39, 0.29) is 24.0 Å². The molecule has 0 heterocycles. The van der Waals surface area contributed by atoms with Crippen molar-refractivity contribution in [2.24, 2.45) is 10.4 Å². The fourth-order valence-electron chi connectivity index (χ4n) is 3.28. The van der Waals surface area contributed by atoms with E-state index in [1.807, 2.05) is 19.2 Å². The summed E-state index contributed by atoms with van der Waals surface area (Å²) in [4.78, 5) is 6.52. The highest BCUT2D eigenvalue weighted by atomic mass is 127. The number of benzene rings is 1. The molecule has 1 aromatic rings. The summed E-state index contributed by atoms with van der Waals surface area (Å²) >= 11 is 0. The second kappa shape index (κ2) is 12.4. The van der Waals surface area contributed by atoms with E-state index in [0.717, 1.165) is 44.4 Å². The van der Waals surface area contributed by atoms with Crippen LogP contribution >= 0.6 is 24.0 Å². The molecule has 0 aliphatic heterocycles. The molecule has 2 N–H and O–H groups in total. The summed E-state index contributed by atoms with van der Waals surface area (Å²) in [5, 5.41) is 6.91. The number of hydrogen-bond donors (Lipinski definition) is 2. The third kappa shape index (κ3) is 8.25. The van der Waals surface area contributed by atoms with Crippen LogP contribution in [-0.4, -0.2) is 51.7 Å². The Bertz CT molecular complexity index is 550. The van der Waals surface area contributed by atoms with Crippen LogP contribution in [0.3, 0.4) is 0 Å². The van der Waals surface area contributed by atoms with E-state index in [4.69, 9.17) is 4.74 Å². The summed E-state index contributed by atoms with van der Waals surface area (Å²) in [6.45, 7) is 5.88. The lowest BCUT2D eigenvalue weighted by Gasteiger charge is -2.41. The molecule has 0 atom stereocenters. The van der Waals surface area contributed by atoms with Crippen LogP contribution in [0, 0.1) is 5.41 Å². The molecule has 2 rings (SSSR count). The Morgan fingerprint density at radius 1 is 1.19 bits per heavy atom. The van der Waals surface area contributed by atoms with Crippen molar-refractivity contribution in [2.75, 3.05) is 40.8 Å². The lowest BCUT2D eigenvalue weighted by Crippen LogP contribution is -2.46. The van der Waals surface area contributed by atoms with Crippen LogP contribution in [0.5, 0.6) is 5.75 Å². The van der Waals surface area contributed by atoms with Gasteiger partial charge < -0.3 is 20.3 Å². The molecule has 1 aliphatic carbocycles. The smallest absolute Gasteiger partial charge is 0.191 e. The molecule has 6 heteroatoms. The molecule has 0 amide bonds. The van der Waals surface area contributed by atoms with E-state index in [1.54, 1.807) is 0 Å². The second-order valence-corrected chi connectivity index (χ2v) is 7.64. The highest BCUT2D eigenvalue weighted by Gasteiger charge is 2.34. The molecule has 0 spiro atoms. The van der Waals surface area contributed by atoms with Crippen LogP contribution in [0.15, 0.2) is 29.3 Å². The molecule has 27 heavy (non-hydrogen) atoms. The van der Waals surface area contributed by atoms with Gasteiger partial charge >= 0.3 is 0 Å². The van der Waals surface area contributed by atoms with Gasteiger partial charge in [0.25, 0.3) is 0 Å². The van der Waals surface area contributed by atoms with Crippen LogP contribution < -0.4 is 15.4 Å². The monoisotopic (exact) mass is 488 g/mol. The van der Waals surface area contributed by atoms with Crippen LogP contribution in [0.1, 0.15) is 44.6 Å². The number of aliphatic imine (C=N–C) groups is 1. The maximum Gasteiger partial charge on any atom is 0.191 e. The first kappa shape index (κ1) is 24.0. The van der Waals surface area contributed by atoms with Gasteiger partial charge in [0.15, 0.2) is 5.96 Å². The fourth-order valence-corrected chi connectivity index (χ4v) is 3.28. The third-order valence-electron chi connectivity index (χ3n) is 5.42. The van der Waals surface area contributed by atoms with Crippen molar-refractivity contribution in [3.05, 3.63) is 29.8 Å². The number of nitrogens with one attached hydrogen (secondary N) is 2. The topological polar surface area (TPSA) is 48.9 Å². The van der Waals surface area contributed by atoms with Gasteiger partial charge in [0.2, 0.25) is 0 Å². The van der Waals surface area contributed by atoms with E-state index in [9.17, 15) is 0 Å². The zero-order chi connectivity index (χ0) is 18.8. The lowest BCUT2D eigenvalue weighted by molar-refractivity contribution is 0.131. The van der Waals surface area contributed by atoms with Crippen molar-refractivity contribution < 1.29 is 4.74 Å². The van der Waals surface area contributed by atoms with Crippen molar-refractivity contribution in [3.8, 4) is 5.75 Å². The largest absolute Gasteiger partial charge is 0.494 e. The van der Waals surface area contributed by atoms with Crippen LogP contribution in [0.25, 0.3) is 0 Å². The van der Waals surface area contributed by atoms with Crippen LogP contribution in [0.2, 0.25) is 0 Å². The predicted molar refractivity (Wildman–Crippen MR) is 125 cm³/mol. The van der Waals surface area contributed by atoms with Crippen molar-refractivity contribution in [1.29, 1.82) is 0 Å². The molecule has 1 aromatic carbocycles. The minimum Gasteiger partial charge on any atom is -0.494 e. The first-order chi connectivity index (χ1) is 12.6. The molecule has 154 valence electrons. The molecule has 0 saturated heterocycles. The van der Waals surface area contributed by atoms with E-state index in [0.29, 0.717) is 5.41 Å². The predicted octanol–water partition coefficient (Wildman–Crippen LogP) is 3.88. The average Bonchev–Trinajstić information content (AvgIpc) is 2.61. The molecule has 0 radical (unpaired) electrons. The van der Waals surface area contributed by atoms with Gasteiger partial charge in [0.05, 0.1) is 6.61 Å². The molecule has 0 unspecified atom stereocenters. The highest BCUT2D eigenvalue weighted by molar-refractivity contribution is 14.0. The number of ether oxygens (including phenoxy) is 1. The number of nitrogens with zero attached hydrogens (tertiary/aromatic N) is 2. The van der Waals surface area contributed by atoms with Gasteiger partial charge in [-0.05, 0) is 62.9 Å². The first-order valence-corrected chi connectivity index (χ1v) is 9.88. The summed E-state index contributed by atoms with van der Waals surface area (Å²) in [7, 11) is 6.00. The Morgan fingerprint density at radius 3 is 2.41 bits per heavy atom. The van der Waals surface area contributed by atoms with Gasteiger partial charge in [-0.1, -0.05) is 25.5 Å². The van der Waals surface area contributed by atoms with Gasteiger partial charge in [0.1, 0.15) is 5.75 Å². The highest BCUT2D eigenvalue weighted by Crippen LogP contribution is 2.42. The maximum absolute atomic E-state index is 5.78. The Kier molecular flexibility index (Phi) is 11.1. The first-order valence-electron chi connectivity index (χ1n) is 9.88. The molecule has 0 aromatic heterocycles. The molecule has 1 fully saturated rings. The SMILES string of the molecule is CCC1(CNC(=NC)NCc2ccc(OCCCN(C)C)cc2)CCC1.I. The number of hydrogen-bond acceptors (Lipinski definition) is 3. The number of guanidine groups is 1. The van der Waals surface area contributed by atoms with Gasteiger partial charge in [-0.2, -0.15) is 0 Å². The number of halogens is 1. The van der Waals surface area contributed by atoms with E-state index >= 15 is 0 Å². The molecular weight excluding hydrogens is 451 g/mol. The van der Waals surface area contributed by atoms with Gasteiger partial charge in [-0.25, -0.2) is 0 Å². The third-order valence-corrected chi connectivity index (χ3v) is 5.42. The summed E-state index contributed by atoms with van der Waals surface area (Å²) in [5.41, 5.74) is 1.71. The van der Waals surface area contributed by atoms with Crippen molar-refractivity contribution >= 4 is 29.9 Å². The molecule has 5 nitrogen and oxygen atoms in total. The Labute approximate surface area is 182 Å². The standard InChI is InChI=1S/C21H36N4O.HI/c1-5-21(12-6-13-21)17-24-20(22-2)23-16-18-8-10-19(11-9-18)26-15-7-14-25(3)4;/h8-11H,5-7,12-17H2,1-4H3,(H2,22,23,24);1H. The normalized spacial score (nSPS) is 15.7. The quantitative estimate of drug-likeness (QED) is 0.227. The van der Waals surface area contributed by atoms with Crippen LogP contribution in [-0.2, 0) is 6.54 Å². The van der Waals surface area contributed by atoms with Crippen molar-refractivity contribution in [1.82, 2.24) is 15.5 Å². The summed E-state index contributed by atoms with van der Waals surface area (Å²) in [6.07, 6.45) is 6.32. The average molecular weight is 488 g/mol.